The van der Waals surface area contributed by atoms with E-state index in [1.54, 1.807) is 4.57 Å². The average Bonchev–Trinajstić information content (AvgIpc) is 2.96. The van der Waals surface area contributed by atoms with Crippen LogP contribution in [0, 0.1) is 18.6 Å². The molecule has 0 aliphatic carbocycles. The van der Waals surface area contributed by atoms with E-state index in [0.717, 1.165) is 16.7 Å². The van der Waals surface area contributed by atoms with Crippen LogP contribution in [-0.4, -0.2) is 20.7 Å². The molecule has 1 aromatic heterocycles. The number of nitrogens with zero attached hydrogens (tertiary/aromatic N) is 2. The quantitative estimate of drug-likeness (QED) is 0.668. The van der Waals surface area contributed by atoms with Crippen LogP contribution in [0.3, 0.4) is 0 Å². The van der Waals surface area contributed by atoms with Gasteiger partial charge >= 0.3 is 0 Å². The van der Waals surface area contributed by atoms with E-state index in [-0.39, 0.29) is 18.5 Å². The molecule has 1 atom stereocenters. The third kappa shape index (κ3) is 3.91. The zero-order chi connectivity index (χ0) is 18.7. The zero-order valence-electron chi connectivity index (χ0n) is 15.1. The highest BCUT2D eigenvalue weighted by Crippen LogP contribution is 2.19. The van der Waals surface area contributed by atoms with Crippen molar-refractivity contribution >= 4 is 18.1 Å². The minimum atomic E-state index is -0.105. The Balaban J connectivity index is 1.78. The summed E-state index contributed by atoms with van der Waals surface area (Å²) in [5, 5.41) is 10.1. The van der Waals surface area contributed by atoms with E-state index in [1.807, 2.05) is 69.3 Å². The molecule has 26 heavy (non-hydrogen) atoms. The van der Waals surface area contributed by atoms with Gasteiger partial charge in [-0.2, -0.15) is 5.10 Å². The van der Waals surface area contributed by atoms with E-state index in [9.17, 15) is 4.79 Å². The molecule has 0 spiro atoms. The second-order valence-corrected chi connectivity index (χ2v) is 6.84. The van der Waals surface area contributed by atoms with Crippen molar-refractivity contribution < 1.29 is 4.79 Å². The minimum Gasteiger partial charge on any atom is -0.348 e. The first-order valence-corrected chi connectivity index (χ1v) is 8.93. The van der Waals surface area contributed by atoms with Gasteiger partial charge in [0.2, 0.25) is 5.91 Å². The van der Waals surface area contributed by atoms with Crippen molar-refractivity contribution in [3.05, 3.63) is 70.0 Å². The Morgan fingerprint density at radius 3 is 2.58 bits per heavy atom. The van der Waals surface area contributed by atoms with Gasteiger partial charge in [0.05, 0.1) is 6.04 Å². The van der Waals surface area contributed by atoms with E-state index in [2.05, 4.69) is 15.5 Å². The number of aromatic nitrogens is 3. The predicted octanol–water partition coefficient (Wildman–Crippen LogP) is 4.10. The number of H-pyrrole nitrogens is 1. The fraction of sp³-hybridized carbons (Fsp3) is 0.250. The Kier molecular flexibility index (Phi) is 5.32. The lowest BCUT2D eigenvalue weighted by Crippen LogP contribution is -2.30. The van der Waals surface area contributed by atoms with Crippen LogP contribution >= 0.6 is 12.2 Å². The van der Waals surface area contributed by atoms with Crippen LogP contribution in [0.25, 0.3) is 11.4 Å². The summed E-state index contributed by atoms with van der Waals surface area (Å²) < 4.78 is 2.15. The first-order chi connectivity index (χ1) is 12.5. The standard InChI is InChI=1S/C20H22N4OS/c1-13-8-10-16(11-9-13)19-22-23-20(26)24(19)12-18(25)21-15(3)17-7-5-4-6-14(17)2/h4-11,15H,12H2,1-3H3,(H,21,25)(H,23,26). The van der Waals surface area contributed by atoms with Gasteiger partial charge in [-0.15, -0.1) is 0 Å². The summed E-state index contributed by atoms with van der Waals surface area (Å²) in [4.78, 5) is 12.6. The van der Waals surface area contributed by atoms with Crippen LogP contribution < -0.4 is 5.32 Å². The lowest BCUT2D eigenvalue weighted by atomic mass is 10.0. The van der Waals surface area contributed by atoms with Crippen LogP contribution in [0.1, 0.15) is 29.7 Å². The van der Waals surface area contributed by atoms with Gasteiger partial charge in [-0.3, -0.25) is 14.5 Å². The number of hydrogen-bond donors (Lipinski definition) is 2. The van der Waals surface area contributed by atoms with Crippen LogP contribution in [0.4, 0.5) is 0 Å². The summed E-state index contributed by atoms with van der Waals surface area (Å²) in [6.45, 7) is 6.17. The monoisotopic (exact) mass is 366 g/mol. The van der Waals surface area contributed by atoms with Gasteiger partial charge < -0.3 is 5.32 Å². The van der Waals surface area contributed by atoms with Crippen LogP contribution in [0.2, 0.25) is 0 Å². The van der Waals surface area contributed by atoms with E-state index < -0.39 is 0 Å². The largest absolute Gasteiger partial charge is 0.348 e. The normalized spacial score (nSPS) is 12.0. The summed E-state index contributed by atoms with van der Waals surface area (Å²) in [5.74, 6) is 0.556. The number of benzene rings is 2. The number of aryl methyl sites for hydroxylation is 2. The Morgan fingerprint density at radius 1 is 1.19 bits per heavy atom. The lowest BCUT2D eigenvalue weighted by Gasteiger charge is -2.17. The van der Waals surface area contributed by atoms with Gasteiger partial charge in [-0.25, -0.2) is 0 Å². The number of carbonyl (C=O) groups is 1. The topological polar surface area (TPSA) is 62.7 Å². The molecular weight excluding hydrogens is 344 g/mol. The Bertz CT molecular complexity index is 972. The Labute approximate surface area is 158 Å². The van der Waals surface area contributed by atoms with Crippen LogP contribution in [0.15, 0.2) is 48.5 Å². The van der Waals surface area contributed by atoms with Crippen molar-refractivity contribution in [1.29, 1.82) is 0 Å². The molecule has 1 amide bonds. The molecule has 134 valence electrons. The molecule has 0 fully saturated rings. The highest BCUT2D eigenvalue weighted by Gasteiger charge is 2.15. The molecule has 1 unspecified atom stereocenters. The fourth-order valence-electron chi connectivity index (χ4n) is 2.97. The van der Waals surface area contributed by atoms with Gasteiger partial charge in [0.1, 0.15) is 6.54 Å². The molecule has 1 heterocycles. The first kappa shape index (κ1) is 18.1. The van der Waals surface area contributed by atoms with Crippen molar-refractivity contribution in [2.45, 2.75) is 33.4 Å². The molecule has 0 saturated heterocycles. The van der Waals surface area contributed by atoms with Crippen LogP contribution in [0.5, 0.6) is 0 Å². The maximum atomic E-state index is 12.6. The molecule has 0 saturated carbocycles. The third-order valence-corrected chi connectivity index (χ3v) is 4.71. The molecule has 0 radical (unpaired) electrons. The lowest BCUT2D eigenvalue weighted by molar-refractivity contribution is -0.122. The van der Waals surface area contributed by atoms with Crippen LogP contribution in [-0.2, 0) is 11.3 Å². The maximum Gasteiger partial charge on any atom is 0.240 e. The van der Waals surface area contributed by atoms with E-state index in [1.165, 1.54) is 5.56 Å². The smallest absolute Gasteiger partial charge is 0.240 e. The van der Waals surface area contributed by atoms with Crippen molar-refractivity contribution in [2.75, 3.05) is 0 Å². The number of carbonyl (C=O) groups excluding carboxylic acids is 1. The van der Waals surface area contributed by atoms with E-state index >= 15 is 0 Å². The highest BCUT2D eigenvalue weighted by molar-refractivity contribution is 7.71. The number of nitrogens with one attached hydrogen (secondary N) is 2. The molecule has 5 nitrogen and oxygen atoms in total. The summed E-state index contributed by atoms with van der Waals surface area (Å²) >= 11 is 5.31. The molecular formula is C20H22N4OS. The number of amides is 1. The van der Waals surface area contributed by atoms with Gasteiger partial charge in [0, 0.05) is 5.56 Å². The highest BCUT2D eigenvalue weighted by atomic mass is 32.1. The minimum absolute atomic E-state index is 0.0763. The number of rotatable bonds is 5. The van der Waals surface area contributed by atoms with Gasteiger partial charge in [-0.1, -0.05) is 54.1 Å². The molecule has 2 N–H and O–H groups in total. The number of aromatic amines is 1. The third-order valence-electron chi connectivity index (χ3n) is 4.40. The summed E-state index contributed by atoms with van der Waals surface area (Å²) in [5.41, 5.74) is 4.35. The van der Waals surface area contributed by atoms with Gasteiger partial charge in [0.15, 0.2) is 10.6 Å². The Hall–Kier alpha value is -2.73. The van der Waals surface area contributed by atoms with E-state index in [4.69, 9.17) is 12.2 Å². The first-order valence-electron chi connectivity index (χ1n) is 8.53. The summed E-state index contributed by atoms with van der Waals surface area (Å²) in [7, 11) is 0. The molecule has 6 heteroatoms. The fourth-order valence-corrected chi connectivity index (χ4v) is 3.17. The summed E-state index contributed by atoms with van der Waals surface area (Å²) in [6.07, 6.45) is 0. The Morgan fingerprint density at radius 2 is 1.88 bits per heavy atom. The molecule has 0 aliphatic rings. The molecule has 3 rings (SSSR count). The maximum absolute atomic E-state index is 12.6. The SMILES string of the molecule is Cc1ccc(-c2n[nH]c(=S)n2CC(=O)NC(C)c2ccccc2C)cc1. The predicted molar refractivity (Wildman–Crippen MR) is 105 cm³/mol. The molecule has 3 aromatic rings. The zero-order valence-corrected chi connectivity index (χ0v) is 15.9. The molecule has 2 aromatic carbocycles. The molecule has 0 aliphatic heterocycles. The number of hydrogen-bond acceptors (Lipinski definition) is 3. The van der Waals surface area contributed by atoms with E-state index in [0.29, 0.717) is 10.6 Å². The average molecular weight is 366 g/mol. The van der Waals surface area contributed by atoms with Crippen molar-refractivity contribution in [1.82, 2.24) is 20.1 Å². The van der Waals surface area contributed by atoms with Crippen molar-refractivity contribution in [3.63, 3.8) is 0 Å². The second-order valence-electron chi connectivity index (χ2n) is 6.45. The van der Waals surface area contributed by atoms with Crippen molar-refractivity contribution in [3.8, 4) is 11.4 Å². The van der Waals surface area contributed by atoms with Gasteiger partial charge in [-0.05, 0) is 44.1 Å². The van der Waals surface area contributed by atoms with Gasteiger partial charge in [0.25, 0.3) is 0 Å². The van der Waals surface area contributed by atoms with Crippen molar-refractivity contribution in [2.24, 2.45) is 0 Å². The summed E-state index contributed by atoms with van der Waals surface area (Å²) in [6, 6.07) is 15.9. The molecule has 0 bridgehead atoms. The second kappa shape index (κ2) is 7.66.